The summed E-state index contributed by atoms with van der Waals surface area (Å²) in [5.74, 6) is -0.0710. The van der Waals surface area contributed by atoms with Gasteiger partial charge in [-0.25, -0.2) is 4.98 Å². The van der Waals surface area contributed by atoms with Crippen LogP contribution in [-0.2, 0) is 20.7 Å². The molecule has 0 saturated heterocycles. The molecule has 1 atom stereocenters. The van der Waals surface area contributed by atoms with Gasteiger partial charge in [0.2, 0.25) is 0 Å². The molecule has 126 valence electrons. The first-order chi connectivity index (χ1) is 11.5. The summed E-state index contributed by atoms with van der Waals surface area (Å²) in [5, 5.41) is 3.01. The van der Waals surface area contributed by atoms with E-state index in [4.69, 9.17) is 21.1 Å². The first-order valence-corrected chi connectivity index (χ1v) is 7.61. The average molecular weight is 349 g/mol. The molecule has 0 bridgehead atoms. The van der Waals surface area contributed by atoms with Gasteiger partial charge in [-0.1, -0.05) is 29.8 Å². The number of ether oxygens (including phenoxy) is 2. The molecule has 0 aliphatic rings. The van der Waals surface area contributed by atoms with E-state index in [1.165, 1.54) is 20.2 Å². The third kappa shape index (κ3) is 4.96. The molecule has 0 radical (unpaired) electrons. The summed E-state index contributed by atoms with van der Waals surface area (Å²) in [6, 6.07) is 10.3. The number of rotatable bonds is 6. The van der Waals surface area contributed by atoms with Crippen LogP contribution in [0, 0.1) is 0 Å². The van der Waals surface area contributed by atoms with Gasteiger partial charge in [-0.15, -0.1) is 0 Å². The number of nitrogens with zero attached hydrogens (tertiary/aromatic N) is 1. The maximum Gasteiger partial charge on any atom is 0.311 e. The highest BCUT2D eigenvalue weighted by molar-refractivity contribution is 6.30. The van der Waals surface area contributed by atoms with E-state index in [1.54, 1.807) is 30.3 Å². The van der Waals surface area contributed by atoms with Crippen LogP contribution < -0.4 is 10.1 Å². The summed E-state index contributed by atoms with van der Waals surface area (Å²) in [5.41, 5.74) is 0.692. The minimum absolute atomic E-state index is 0.0147. The van der Waals surface area contributed by atoms with Gasteiger partial charge in [-0.05, 0) is 25.1 Å². The largest absolute Gasteiger partial charge is 0.496 e. The Hall–Kier alpha value is -2.60. The van der Waals surface area contributed by atoms with Crippen molar-refractivity contribution in [1.82, 2.24) is 4.98 Å². The number of para-hydroxylation sites is 1. The second kappa shape index (κ2) is 8.31. The SMILES string of the molecule is COc1ccccc1CC(=O)O[C@@H](C)C(=O)Nc1ccc(Cl)cn1. The number of amides is 1. The molecule has 0 fully saturated rings. The number of aromatic nitrogens is 1. The van der Waals surface area contributed by atoms with Crippen LogP contribution in [0.15, 0.2) is 42.6 Å². The second-order valence-electron chi connectivity index (χ2n) is 4.97. The van der Waals surface area contributed by atoms with Crippen LogP contribution in [-0.4, -0.2) is 30.1 Å². The van der Waals surface area contributed by atoms with Crippen LogP contribution in [0.25, 0.3) is 0 Å². The number of methoxy groups -OCH3 is 1. The van der Waals surface area contributed by atoms with Crippen LogP contribution >= 0.6 is 11.6 Å². The lowest BCUT2D eigenvalue weighted by atomic mass is 10.1. The number of carbonyl (C=O) groups excluding carboxylic acids is 2. The van der Waals surface area contributed by atoms with Gasteiger partial charge >= 0.3 is 5.97 Å². The number of esters is 1. The smallest absolute Gasteiger partial charge is 0.311 e. The van der Waals surface area contributed by atoms with Gasteiger partial charge < -0.3 is 14.8 Å². The zero-order valence-electron chi connectivity index (χ0n) is 13.3. The third-order valence-corrected chi connectivity index (χ3v) is 3.41. The van der Waals surface area contributed by atoms with Crippen molar-refractivity contribution in [3.05, 3.63) is 53.2 Å². The van der Waals surface area contributed by atoms with Crippen molar-refractivity contribution >= 4 is 29.3 Å². The lowest BCUT2D eigenvalue weighted by Crippen LogP contribution is -2.30. The predicted octanol–water partition coefficient (Wildman–Crippen LogP) is 2.86. The van der Waals surface area contributed by atoms with Gasteiger partial charge in [-0.2, -0.15) is 0 Å². The van der Waals surface area contributed by atoms with Crippen LogP contribution in [0.3, 0.4) is 0 Å². The number of halogens is 1. The Morgan fingerprint density at radius 3 is 2.67 bits per heavy atom. The van der Waals surface area contributed by atoms with E-state index in [9.17, 15) is 9.59 Å². The minimum Gasteiger partial charge on any atom is -0.496 e. The fourth-order valence-electron chi connectivity index (χ4n) is 1.97. The van der Waals surface area contributed by atoms with Crippen molar-refractivity contribution in [2.75, 3.05) is 12.4 Å². The summed E-state index contributed by atoms with van der Waals surface area (Å²) in [6.07, 6.45) is 0.473. The van der Waals surface area contributed by atoms with E-state index < -0.39 is 18.0 Å². The minimum atomic E-state index is -0.954. The number of benzene rings is 1. The fraction of sp³-hybridized carbons (Fsp3) is 0.235. The molecule has 2 rings (SSSR count). The van der Waals surface area contributed by atoms with Crippen molar-refractivity contribution < 1.29 is 19.1 Å². The van der Waals surface area contributed by atoms with E-state index in [0.29, 0.717) is 22.2 Å². The summed E-state index contributed by atoms with van der Waals surface area (Å²) >= 11 is 5.73. The molecule has 6 nitrogen and oxygen atoms in total. The zero-order valence-corrected chi connectivity index (χ0v) is 14.0. The summed E-state index contributed by atoms with van der Waals surface area (Å²) in [4.78, 5) is 28.0. The Morgan fingerprint density at radius 1 is 1.25 bits per heavy atom. The van der Waals surface area contributed by atoms with Crippen molar-refractivity contribution in [3.8, 4) is 5.75 Å². The maximum absolute atomic E-state index is 12.0. The molecule has 1 aromatic heterocycles. The van der Waals surface area contributed by atoms with Crippen LogP contribution in [0.1, 0.15) is 12.5 Å². The van der Waals surface area contributed by atoms with Gasteiger partial charge in [0.25, 0.3) is 5.91 Å². The molecule has 1 heterocycles. The van der Waals surface area contributed by atoms with Crippen molar-refractivity contribution in [1.29, 1.82) is 0 Å². The summed E-state index contributed by atoms with van der Waals surface area (Å²) in [7, 11) is 1.53. The molecule has 0 aliphatic heterocycles. The highest BCUT2D eigenvalue weighted by atomic mass is 35.5. The van der Waals surface area contributed by atoms with Crippen LogP contribution in [0.5, 0.6) is 5.75 Å². The van der Waals surface area contributed by atoms with Gasteiger partial charge in [0, 0.05) is 11.8 Å². The Morgan fingerprint density at radius 2 is 2.00 bits per heavy atom. The lowest BCUT2D eigenvalue weighted by molar-refractivity contribution is -0.152. The van der Waals surface area contributed by atoms with Crippen molar-refractivity contribution in [2.45, 2.75) is 19.4 Å². The molecule has 0 saturated carbocycles. The van der Waals surface area contributed by atoms with Crippen LogP contribution in [0.2, 0.25) is 5.02 Å². The highest BCUT2D eigenvalue weighted by Crippen LogP contribution is 2.18. The number of carbonyl (C=O) groups is 2. The summed E-state index contributed by atoms with van der Waals surface area (Å²) in [6.45, 7) is 1.49. The number of anilines is 1. The predicted molar refractivity (Wildman–Crippen MR) is 90.1 cm³/mol. The van der Waals surface area contributed by atoms with Gasteiger partial charge in [-0.3, -0.25) is 9.59 Å². The van der Waals surface area contributed by atoms with Crippen molar-refractivity contribution in [3.63, 3.8) is 0 Å². The zero-order chi connectivity index (χ0) is 17.5. The normalized spacial score (nSPS) is 11.5. The van der Waals surface area contributed by atoms with Gasteiger partial charge in [0.1, 0.15) is 11.6 Å². The van der Waals surface area contributed by atoms with E-state index in [1.807, 2.05) is 6.07 Å². The molecule has 0 aliphatic carbocycles. The molecule has 1 N–H and O–H groups in total. The number of hydrogen-bond donors (Lipinski definition) is 1. The molecule has 24 heavy (non-hydrogen) atoms. The van der Waals surface area contributed by atoms with E-state index in [2.05, 4.69) is 10.3 Å². The quantitative estimate of drug-likeness (QED) is 0.812. The number of hydrogen-bond acceptors (Lipinski definition) is 5. The molecular formula is C17H17ClN2O4. The Labute approximate surface area is 144 Å². The fourth-order valence-corrected chi connectivity index (χ4v) is 2.09. The second-order valence-corrected chi connectivity index (χ2v) is 5.41. The maximum atomic E-state index is 12.0. The molecule has 0 spiro atoms. The molecular weight excluding hydrogens is 332 g/mol. The van der Waals surface area contributed by atoms with Crippen LogP contribution in [0.4, 0.5) is 5.82 Å². The third-order valence-electron chi connectivity index (χ3n) is 3.18. The first-order valence-electron chi connectivity index (χ1n) is 7.23. The van der Waals surface area contributed by atoms with Crippen molar-refractivity contribution in [2.24, 2.45) is 0 Å². The summed E-state index contributed by atoms with van der Waals surface area (Å²) < 4.78 is 10.3. The topological polar surface area (TPSA) is 77.5 Å². The molecule has 0 unspecified atom stereocenters. The number of pyridine rings is 1. The monoisotopic (exact) mass is 348 g/mol. The average Bonchev–Trinajstić information content (AvgIpc) is 2.57. The molecule has 2 aromatic rings. The Balaban J connectivity index is 1.90. The van der Waals surface area contributed by atoms with E-state index in [0.717, 1.165) is 0 Å². The molecule has 1 aromatic carbocycles. The first kappa shape index (κ1) is 17.7. The standard InChI is InChI=1S/C17H17ClN2O4/c1-11(17(22)20-15-8-7-13(18)10-19-15)24-16(21)9-12-5-3-4-6-14(12)23-2/h3-8,10-11H,9H2,1-2H3,(H,19,20,22)/t11-/m0/s1. The van der Waals surface area contributed by atoms with E-state index in [-0.39, 0.29) is 6.42 Å². The Bertz CT molecular complexity index is 719. The number of nitrogens with one attached hydrogen (secondary N) is 1. The van der Waals surface area contributed by atoms with Gasteiger partial charge in [0.15, 0.2) is 6.10 Å². The highest BCUT2D eigenvalue weighted by Gasteiger charge is 2.19. The molecule has 1 amide bonds. The van der Waals surface area contributed by atoms with Gasteiger partial charge in [0.05, 0.1) is 18.6 Å². The Kier molecular flexibility index (Phi) is 6.14. The lowest BCUT2D eigenvalue weighted by Gasteiger charge is -2.14. The van der Waals surface area contributed by atoms with E-state index >= 15 is 0 Å². The molecule has 7 heteroatoms.